The van der Waals surface area contributed by atoms with Crippen molar-refractivity contribution in [2.24, 2.45) is 5.73 Å². The number of hydrogen-bond donors (Lipinski definition) is 2. The van der Waals surface area contributed by atoms with Crippen LogP contribution in [-0.4, -0.2) is 36.4 Å². The smallest absolute Gasteiger partial charge is 0.243 e. The lowest BCUT2D eigenvalue weighted by molar-refractivity contribution is -0.140. The molecule has 1 unspecified atom stereocenters. The fourth-order valence-corrected chi connectivity index (χ4v) is 2.62. The van der Waals surface area contributed by atoms with Crippen molar-refractivity contribution in [1.82, 2.24) is 10.2 Å². The highest BCUT2D eigenvalue weighted by molar-refractivity contribution is 6.01. The normalized spacial score (nSPS) is 19.5. The number of ether oxygens (including phenoxy) is 1. The van der Waals surface area contributed by atoms with Gasteiger partial charge in [-0.1, -0.05) is 19.1 Å². The third-order valence-corrected chi connectivity index (χ3v) is 3.70. The molecule has 6 heteroatoms. The summed E-state index contributed by atoms with van der Waals surface area (Å²) in [6, 6.07) is 5.50. The van der Waals surface area contributed by atoms with Gasteiger partial charge >= 0.3 is 0 Å². The number of nitrogens with one attached hydrogen (secondary N) is 1. The molecule has 0 spiro atoms. The van der Waals surface area contributed by atoms with E-state index in [0.29, 0.717) is 19.5 Å². The highest BCUT2D eigenvalue weighted by atomic mass is 16.5. The molecule has 6 nitrogen and oxygen atoms in total. The maximum absolute atomic E-state index is 11.8. The topological polar surface area (TPSA) is 84.7 Å². The van der Waals surface area contributed by atoms with E-state index in [1.807, 2.05) is 30.0 Å². The van der Waals surface area contributed by atoms with Gasteiger partial charge in [-0.15, -0.1) is 0 Å². The Kier molecular flexibility index (Phi) is 4.93. The molecular formula is C15H21N3O3. The van der Waals surface area contributed by atoms with Gasteiger partial charge in [0.2, 0.25) is 11.8 Å². The van der Waals surface area contributed by atoms with Crippen molar-refractivity contribution >= 4 is 11.8 Å². The van der Waals surface area contributed by atoms with Crippen molar-refractivity contribution in [3.63, 3.8) is 0 Å². The summed E-state index contributed by atoms with van der Waals surface area (Å²) >= 11 is 0. The van der Waals surface area contributed by atoms with Gasteiger partial charge in [-0.2, -0.15) is 0 Å². The molecule has 1 aromatic carbocycles. The number of imide groups is 1. The van der Waals surface area contributed by atoms with Crippen molar-refractivity contribution in [2.45, 2.75) is 32.5 Å². The molecule has 0 radical (unpaired) electrons. The molecule has 0 saturated carbocycles. The Balaban J connectivity index is 2.19. The summed E-state index contributed by atoms with van der Waals surface area (Å²) in [5.74, 6) is 0.255. The first-order valence-electron chi connectivity index (χ1n) is 7.02. The molecule has 1 aromatic rings. The lowest BCUT2D eigenvalue weighted by Gasteiger charge is -2.33. The molecule has 2 rings (SSSR count). The highest BCUT2D eigenvalue weighted by Crippen LogP contribution is 2.22. The first-order valence-corrected chi connectivity index (χ1v) is 7.02. The Morgan fingerprint density at radius 3 is 2.81 bits per heavy atom. The van der Waals surface area contributed by atoms with Gasteiger partial charge in [0, 0.05) is 18.7 Å². The van der Waals surface area contributed by atoms with E-state index < -0.39 is 0 Å². The van der Waals surface area contributed by atoms with E-state index in [2.05, 4.69) is 5.32 Å². The van der Waals surface area contributed by atoms with Crippen LogP contribution in [0.1, 0.15) is 24.5 Å². The van der Waals surface area contributed by atoms with E-state index in [9.17, 15) is 9.59 Å². The van der Waals surface area contributed by atoms with Crippen molar-refractivity contribution in [3.8, 4) is 5.75 Å². The number of carbonyl (C=O) groups is 2. The lowest BCUT2D eigenvalue weighted by atomic mass is 10.1. The largest absolute Gasteiger partial charge is 0.496 e. The van der Waals surface area contributed by atoms with Crippen LogP contribution in [0.15, 0.2) is 18.2 Å². The zero-order valence-electron chi connectivity index (χ0n) is 12.4. The van der Waals surface area contributed by atoms with E-state index in [0.717, 1.165) is 16.9 Å². The average molecular weight is 291 g/mol. The zero-order chi connectivity index (χ0) is 15.4. The third-order valence-electron chi connectivity index (χ3n) is 3.70. The predicted octanol–water partition coefficient (Wildman–Crippen LogP) is 0.391. The van der Waals surface area contributed by atoms with E-state index in [1.165, 1.54) is 0 Å². The van der Waals surface area contributed by atoms with Gasteiger partial charge < -0.3 is 10.5 Å². The van der Waals surface area contributed by atoms with Crippen LogP contribution < -0.4 is 15.8 Å². The van der Waals surface area contributed by atoms with Gasteiger partial charge in [-0.05, 0) is 18.1 Å². The molecule has 1 atom stereocenters. The maximum atomic E-state index is 11.8. The van der Waals surface area contributed by atoms with Crippen molar-refractivity contribution in [2.75, 3.05) is 13.7 Å². The van der Waals surface area contributed by atoms with Gasteiger partial charge in [0.25, 0.3) is 0 Å². The monoisotopic (exact) mass is 291 g/mol. The molecule has 2 amide bonds. The molecule has 21 heavy (non-hydrogen) atoms. The Morgan fingerprint density at radius 2 is 2.19 bits per heavy atom. The van der Waals surface area contributed by atoms with Crippen LogP contribution in [0.4, 0.5) is 0 Å². The van der Waals surface area contributed by atoms with Gasteiger partial charge in [0.05, 0.1) is 19.7 Å². The average Bonchev–Trinajstić information content (AvgIpc) is 2.46. The molecule has 1 heterocycles. The number of piperazine rings is 1. The lowest BCUT2D eigenvalue weighted by Crippen LogP contribution is -2.57. The second kappa shape index (κ2) is 6.69. The van der Waals surface area contributed by atoms with Crippen molar-refractivity contribution in [3.05, 3.63) is 29.3 Å². The van der Waals surface area contributed by atoms with E-state index in [1.54, 1.807) is 7.11 Å². The molecule has 0 bridgehead atoms. The summed E-state index contributed by atoms with van der Waals surface area (Å²) in [4.78, 5) is 25.3. The molecule has 1 aliphatic heterocycles. The summed E-state index contributed by atoms with van der Waals surface area (Å²) in [5.41, 5.74) is 7.57. The third kappa shape index (κ3) is 3.40. The van der Waals surface area contributed by atoms with Crippen LogP contribution in [0, 0.1) is 0 Å². The molecular weight excluding hydrogens is 270 g/mol. The first kappa shape index (κ1) is 15.5. The van der Waals surface area contributed by atoms with E-state index >= 15 is 0 Å². The van der Waals surface area contributed by atoms with Crippen LogP contribution in [0.5, 0.6) is 5.75 Å². The standard InChI is InChI=1S/C15H21N3O3/c1-3-12-15(20)17-14(19)9-18(12)8-10-4-5-11(7-16)13(6-10)21-2/h4-6,12H,3,7-9,16H2,1-2H3,(H,17,19,20). The highest BCUT2D eigenvalue weighted by Gasteiger charge is 2.32. The van der Waals surface area contributed by atoms with Gasteiger partial charge in [0.15, 0.2) is 0 Å². The fraction of sp³-hybridized carbons (Fsp3) is 0.467. The van der Waals surface area contributed by atoms with E-state index in [4.69, 9.17) is 10.5 Å². The Bertz CT molecular complexity index is 545. The summed E-state index contributed by atoms with van der Waals surface area (Å²) in [5, 5.41) is 2.38. The Morgan fingerprint density at radius 1 is 1.43 bits per heavy atom. The van der Waals surface area contributed by atoms with Gasteiger partial charge in [0.1, 0.15) is 5.75 Å². The van der Waals surface area contributed by atoms with Crippen LogP contribution in [0.25, 0.3) is 0 Å². The summed E-state index contributed by atoms with van der Waals surface area (Å²) in [7, 11) is 1.60. The van der Waals surface area contributed by atoms with Crippen molar-refractivity contribution in [1.29, 1.82) is 0 Å². The minimum Gasteiger partial charge on any atom is -0.496 e. The summed E-state index contributed by atoms with van der Waals surface area (Å²) in [6.07, 6.45) is 0.664. The molecule has 114 valence electrons. The van der Waals surface area contributed by atoms with Gasteiger partial charge in [-0.25, -0.2) is 0 Å². The molecule has 0 aromatic heterocycles. The van der Waals surface area contributed by atoms with Crippen molar-refractivity contribution < 1.29 is 14.3 Å². The molecule has 0 aliphatic carbocycles. The number of rotatable bonds is 5. The minimum atomic E-state index is -0.275. The first-order chi connectivity index (χ1) is 10.1. The second-order valence-corrected chi connectivity index (χ2v) is 5.09. The SMILES string of the molecule is CCC1C(=O)NC(=O)CN1Cc1ccc(CN)c(OC)c1. The predicted molar refractivity (Wildman–Crippen MR) is 78.5 cm³/mol. The number of nitrogens with zero attached hydrogens (tertiary/aromatic N) is 1. The number of benzene rings is 1. The van der Waals surface area contributed by atoms with Crippen LogP contribution in [0.3, 0.4) is 0 Å². The summed E-state index contributed by atoms with van der Waals surface area (Å²) < 4.78 is 5.32. The van der Waals surface area contributed by atoms with Crippen LogP contribution in [-0.2, 0) is 22.7 Å². The number of nitrogens with two attached hydrogens (primary N) is 1. The fourth-order valence-electron chi connectivity index (χ4n) is 2.62. The maximum Gasteiger partial charge on any atom is 0.243 e. The van der Waals surface area contributed by atoms with Gasteiger partial charge in [-0.3, -0.25) is 19.8 Å². The molecule has 3 N–H and O–H groups in total. The molecule has 1 saturated heterocycles. The number of methoxy groups -OCH3 is 1. The zero-order valence-corrected chi connectivity index (χ0v) is 12.4. The number of carbonyl (C=O) groups excluding carboxylic acids is 2. The molecule has 1 fully saturated rings. The number of amides is 2. The minimum absolute atomic E-state index is 0.223. The Labute approximate surface area is 124 Å². The Hall–Kier alpha value is -1.92. The number of hydrogen-bond acceptors (Lipinski definition) is 5. The van der Waals surface area contributed by atoms with Crippen LogP contribution in [0.2, 0.25) is 0 Å². The molecule has 1 aliphatic rings. The van der Waals surface area contributed by atoms with E-state index in [-0.39, 0.29) is 24.4 Å². The quantitative estimate of drug-likeness (QED) is 0.767. The second-order valence-electron chi connectivity index (χ2n) is 5.09. The van der Waals surface area contributed by atoms with Crippen LogP contribution >= 0.6 is 0 Å². The summed E-state index contributed by atoms with van der Waals surface area (Å²) in [6.45, 7) is 3.10.